The minimum Gasteiger partial charge on any atom is -0.378 e. The number of anilines is 1. The predicted molar refractivity (Wildman–Crippen MR) is 116 cm³/mol. The fraction of sp³-hybridized carbons (Fsp3) is 0.409. The van der Waals surface area contributed by atoms with Crippen LogP contribution in [0.2, 0.25) is 0 Å². The van der Waals surface area contributed by atoms with E-state index in [0.717, 1.165) is 31.9 Å². The summed E-state index contributed by atoms with van der Waals surface area (Å²) in [6.07, 6.45) is 7.24. The van der Waals surface area contributed by atoms with Crippen LogP contribution in [0.3, 0.4) is 0 Å². The molecular formula is C22H24F2N4OS. The molecule has 2 heterocycles. The number of hydrogen-bond acceptors (Lipinski definition) is 5. The average Bonchev–Trinajstić information content (AvgIpc) is 2.69. The molecule has 0 unspecified atom stereocenters. The molecule has 3 N–H and O–H groups in total. The second-order valence-electron chi connectivity index (χ2n) is 8.26. The molecule has 1 spiro atoms. The summed E-state index contributed by atoms with van der Waals surface area (Å²) in [5.41, 5.74) is 6.28. The highest BCUT2D eigenvalue weighted by Gasteiger charge is 2.46. The van der Waals surface area contributed by atoms with Crippen LogP contribution in [0.4, 0.5) is 14.5 Å². The second kappa shape index (κ2) is 7.98. The zero-order valence-corrected chi connectivity index (χ0v) is 17.6. The Balaban J connectivity index is 1.63. The molecule has 8 heteroatoms. The number of amidine groups is 1. The van der Waals surface area contributed by atoms with Crippen molar-refractivity contribution in [2.75, 3.05) is 5.32 Å². The van der Waals surface area contributed by atoms with Gasteiger partial charge in [-0.3, -0.25) is 9.79 Å². The standard InChI is InChI=1S/C22H24F2N4OS/c1-21(13-22(30-20(25)28-21)9-3-2-4-10-22)16-11-15(6-7-17(16)24)27-19(29)18-8-5-14(23)12-26-18/h5-8,11-12H,2-4,9-10,13H2,1H3,(H2,25,28)(H,27,29)/t21-/m0/s1. The largest absolute Gasteiger partial charge is 0.378 e. The number of hydrogen-bond donors (Lipinski definition) is 2. The van der Waals surface area contributed by atoms with Crippen LogP contribution in [0.25, 0.3) is 0 Å². The lowest BCUT2D eigenvalue weighted by molar-refractivity contribution is 0.102. The minimum absolute atomic E-state index is 0.0252. The number of carbonyl (C=O) groups excluding carboxylic acids is 1. The topological polar surface area (TPSA) is 80.4 Å². The van der Waals surface area contributed by atoms with Gasteiger partial charge >= 0.3 is 0 Å². The van der Waals surface area contributed by atoms with E-state index >= 15 is 0 Å². The Morgan fingerprint density at radius 1 is 1.17 bits per heavy atom. The maximum absolute atomic E-state index is 14.9. The summed E-state index contributed by atoms with van der Waals surface area (Å²) in [6.45, 7) is 1.90. The number of carbonyl (C=O) groups is 1. The van der Waals surface area contributed by atoms with E-state index in [-0.39, 0.29) is 16.3 Å². The smallest absolute Gasteiger partial charge is 0.274 e. The molecule has 1 aromatic carbocycles. The van der Waals surface area contributed by atoms with Gasteiger partial charge in [-0.25, -0.2) is 13.8 Å². The van der Waals surface area contributed by atoms with E-state index in [9.17, 15) is 13.6 Å². The SMILES string of the molecule is C[C@@]1(c2cc(NC(=O)c3ccc(F)cn3)ccc2F)CC2(CCCCC2)SC(N)=N1. The van der Waals surface area contributed by atoms with Crippen molar-refractivity contribution in [3.05, 3.63) is 59.4 Å². The Morgan fingerprint density at radius 3 is 2.63 bits per heavy atom. The highest BCUT2D eigenvalue weighted by Crippen LogP contribution is 2.52. The third-order valence-corrected chi connectivity index (χ3v) is 7.16. The fourth-order valence-electron chi connectivity index (χ4n) is 4.54. The lowest BCUT2D eigenvalue weighted by atomic mass is 9.76. The number of aromatic nitrogens is 1. The van der Waals surface area contributed by atoms with Gasteiger partial charge < -0.3 is 11.1 Å². The quantitative estimate of drug-likeness (QED) is 0.720. The molecule has 5 nitrogen and oxygen atoms in total. The molecule has 1 amide bonds. The Hall–Kier alpha value is -2.48. The summed E-state index contributed by atoms with van der Waals surface area (Å²) in [4.78, 5) is 20.8. The van der Waals surface area contributed by atoms with E-state index in [1.807, 2.05) is 6.92 Å². The minimum atomic E-state index is -0.814. The molecule has 4 rings (SSSR count). The highest BCUT2D eigenvalue weighted by atomic mass is 32.2. The molecule has 158 valence electrons. The Labute approximate surface area is 178 Å². The van der Waals surface area contributed by atoms with Crippen LogP contribution < -0.4 is 11.1 Å². The van der Waals surface area contributed by atoms with Gasteiger partial charge in [0, 0.05) is 16.0 Å². The summed E-state index contributed by atoms with van der Waals surface area (Å²) < 4.78 is 27.9. The van der Waals surface area contributed by atoms with Crippen LogP contribution in [-0.2, 0) is 5.54 Å². The Morgan fingerprint density at radius 2 is 1.93 bits per heavy atom. The molecule has 0 saturated heterocycles. The summed E-state index contributed by atoms with van der Waals surface area (Å²) >= 11 is 1.62. The maximum atomic E-state index is 14.9. The predicted octanol–water partition coefficient (Wildman–Crippen LogP) is 4.98. The van der Waals surface area contributed by atoms with Crippen LogP contribution in [0, 0.1) is 11.6 Å². The van der Waals surface area contributed by atoms with E-state index in [1.165, 1.54) is 30.7 Å². The van der Waals surface area contributed by atoms with Crippen molar-refractivity contribution >= 4 is 28.5 Å². The molecule has 2 aromatic rings. The van der Waals surface area contributed by atoms with Crippen LogP contribution >= 0.6 is 11.8 Å². The van der Waals surface area contributed by atoms with E-state index in [2.05, 4.69) is 15.3 Å². The van der Waals surface area contributed by atoms with Crippen LogP contribution in [0.15, 0.2) is 41.5 Å². The maximum Gasteiger partial charge on any atom is 0.274 e. The number of pyridine rings is 1. The summed E-state index contributed by atoms with van der Waals surface area (Å²) in [5.74, 6) is -1.40. The lowest BCUT2D eigenvalue weighted by Gasteiger charge is -2.45. The van der Waals surface area contributed by atoms with E-state index in [0.29, 0.717) is 22.8 Å². The van der Waals surface area contributed by atoms with Gasteiger partial charge in [0.25, 0.3) is 5.91 Å². The van der Waals surface area contributed by atoms with Gasteiger partial charge in [-0.2, -0.15) is 0 Å². The third kappa shape index (κ3) is 4.19. The molecule has 30 heavy (non-hydrogen) atoms. The van der Waals surface area contributed by atoms with Crippen molar-refractivity contribution in [1.29, 1.82) is 0 Å². The first kappa shape index (κ1) is 20.8. The molecule has 2 aliphatic rings. The number of nitrogens with one attached hydrogen (secondary N) is 1. The number of nitrogens with zero attached hydrogens (tertiary/aromatic N) is 2. The van der Waals surface area contributed by atoms with Crippen molar-refractivity contribution in [1.82, 2.24) is 4.98 Å². The van der Waals surface area contributed by atoms with Crippen LogP contribution in [0.1, 0.15) is 61.5 Å². The summed E-state index contributed by atoms with van der Waals surface area (Å²) in [6, 6.07) is 6.90. The number of amides is 1. The summed E-state index contributed by atoms with van der Waals surface area (Å²) in [5, 5.41) is 3.19. The third-order valence-electron chi connectivity index (χ3n) is 5.87. The monoisotopic (exact) mass is 430 g/mol. The number of aliphatic imine (C=N–C) groups is 1. The molecule has 1 saturated carbocycles. The highest BCUT2D eigenvalue weighted by molar-refractivity contribution is 8.15. The van der Waals surface area contributed by atoms with Gasteiger partial charge in [-0.15, -0.1) is 0 Å². The second-order valence-corrected chi connectivity index (χ2v) is 9.75. The number of nitrogens with two attached hydrogens (primary N) is 1. The average molecular weight is 431 g/mol. The van der Waals surface area contributed by atoms with Crippen molar-refractivity contribution < 1.29 is 13.6 Å². The van der Waals surface area contributed by atoms with Gasteiger partial charge in [0.2, 0.25) is 0 Å². The van der Waals surface area contributed by atoms with Crippen molar-refractivity contribution in [2.24, 2.45) is 10.7 Å². The summed E-state index contributed by atoms with van der Waals surface area (Å²) in [7, 11) is 0. The molecule has 1 aromatic heterocycles. The molecule has 0 bridgehead atoms. The van der Waals surface area contributed by atoms with Crippen molar-refractivity contribution in [2.45, 2.75) is 55.7 Å². The first-order valence-corrected chi connectivity index (χ1v) is 10.9. The fourth-order valence-corrected chi connectivity index (χ4v) is 6.08. The molecule has 0 radical (unpaired) electrons. The first-order valence-electron chi connectivity index (χ1n) is 10.1. The van der Waals surface area contributed by atoms with Crippen LogP contribution in [0.5, 0.6) is 0 Å². The number of halogens is 2. The first-order chi connectivity index (χ1) is 14.3. The lowest BCUT2D eigenvalue weighted by Crippen LogP contribution is -2.43. The normalized spacial score (nSPS) is 23.1. The Bertz CT molecular complexity index is 989. The zero-order chi connectivity index (χ0) is 21.4. The van der Waals surface area contributed by atoms with E-state index in [4.69, 9.17) is 5.73 Å². The van der Waals surface area contributed by atoms with Crippen molar-refractivity contribution in [3.63, 3.8) is 0 Å². The van der Waals surface area contributed by atoms with Crippen LogP contribution in [-0.4, -0.2) is 20.8 Å². The number of thioether (sulfide) groups is 1. The van der Waals surface area contributed by atoms with Gasteiger partial charge in [-0.1, -0.05) is 31.0 Å². The van der Waals surface area contributed by atoms with Gasteiger partial charge in [0.1, 0.15) is 17.3 Å². The van der Waals surface area contributed by atoms with E-state index in [1.54, 1.807) is 17.8 Å². The Kier molecular flexibility index (Phi) is 5.53. The van der Waals surface area contributed by atoms with Gasteiger partial charge in [-0.05, 0) is 56.5 Å². The molecule has 1 aliphatic heterocycles. The van der Waals surface area contributed by atoms with Crippen molar-refractivity contribution in [3.8, 4) is 0 Å². The molecule has 1 atom stereocenters. The van der Waals surface area contributed by atoms with Gasteiger partial charge in [0.05, 0.1) is 11.7 Å². The zero-order valence-electron chi connectivity index (χ0n) is 16.8. The molecule has 1 fully saturated rings. The van der Waals surface area contributed by atoms with Gasteiger partial charge in [0.15, 0.2) is 5.17 Å². The number of benzene rings is 1. The molecule has 1 aliphatic carbocycles. The van der Waals surface area contributed by atoms with E-state index < -0.39 is 17.3 Å². The number of rotatable bonds is 3. The molecular weight excluding hydrogens is 406 g/mol.